The number of amides is 2. The summed E-state index contributed by atoms with van der Waals surface area (Å²) in [7, 11) is 0. The third kappa shape index (κ3) is 2.74. The van der Waals surface area contributed by atoms with Gasteiger partial charge < -0.3 is 5.32 Å². The lowest BCUT2D eigenvalue weighted by molar-refractivity contribution is -0.119. The summed E-state index contributed by atoms with van der Waals surface area (Å²) < 4.78 is 13.5. The molecular formula is C17H13FN2O2. The Morgan fingerprint density at radius 3 is 2.68 bits per heavy atom. The fourth-order valence-electron chi connectivity index (χ4n) is 2.29. The molecule has 0 aliphatic carbocycles. The number of nitrogens with one attached hydrogen (secondary N) is 1. The molecule has 0 saturated heterocycles. The van der Waals surface area contributed by atoms with Crippen LogP contribution in [0, 0.1) is 5.82 Å². The number of hydrogen-bond acceptors (Lipinski definition) is 2. The number of hydrogen-bond donors (Lipinski definition) is 1. The molecular weight excluding hydrogens is 283 g/mol. The van der Waals surface area contributed by atoms with Crippen molar-refractivity contribution in [3.05, 3.63) is 66.0 Å². The second-order valence-electron chi connectivity index (χ2n) is 4.84. The number of carbonyl (C=O) groups is 2. The van der Waals surface area contributed by atoms with Crippen LogP contribution in [-0.4, -0.2) is 18.4 Å². The van der Waals surface area contributed by atoms with Gasteiger partial charge >= 0.3 is 0 Å². The first kappa shape index (κ1) is 14.0. The maximum atomic E-state index is 13.5. The Balaban J connectivity index is 1.87. The lowest BCUT2D eigenvalue weighted by Gasteiger charge is -2.28. The van der Waals surface area contributed by atoms with E-state index in [1.807, 2.05) is 0 Å². The molecule has 110 valence electrons. The Hall–Kier alpha value is -2.95. The Kier molecular flexibility index (Phi) is 3.70. The van der Waals surface area contributed by atoms with Crippen molar-refractivity contribution >= 4 is 29.3 Å². The van der Waals surface area contributed by atoms with Crippen molar-refractivity contribution in [2.75, 3.05) is 16.8 Å². The van der Waals surface area contributed by atoms with Gasteiger partial charge in [0.15, 0.2) is 0 Å². The summed E-state index contributed by atoms with van der Waals surface area (Å²) in [6.07, 6.45) is 2.68. The smallest absolute Gasteiger partial charge is 0.251 e. The molecule has 2 aromatic rings. The predicted molar refractivity (Wildman–Crippen MR) is 82.9 cm³/mol. The Morgan fingerprint density at radius 2 is 1.86 bits per heavy atom. The Labute approximate surface area is 126 Å². The normalized spacial score (nSPS) is 13.9. The van der Waals surface area contributed by atoms with Crippen LogP contribution in [0.2, 0.25) is 0 Å². The van der Waals surface area contributed by atoms with Crippen molar-refractivity contribution < 1.29 is 14.0 Å². The summed E-state index contributed by atoms with van der Waals surface area (Å²) in [4.78, 5) is 25.4. The van der Waals surface area contributed by atoms with E-state index >= 15 is 0 Å². The van der Waals surface area contributed by atoms with Crippen LogP contribution in [0.15, 0.2) is 54.6 Å². The number of benzene rings is 2. The van der Waals surface area contributed by atoms with E-state index in [4.69, 9.17) is 0 Å². The molecule has 0 fully saturated rings. The molecule has 0 bridgehead atoms. The number of anilines is 2. The van der Waals surface area contributed by atoms with Gasteiger partial charge in [-0.3, -0.25) is 14.5 Å². The summed E-state index contributed by atoms with van der Waals surface area (Å²) >= 11 is 0. The maximum absolute atomic E-state index is 13.5. The van der Waals surface area contributed by atoms with E-state index in [1.54, 1.807) is 42.5 Å². The van der Waals surface area contributed by atoms with Crippen molar-refractivity contribution in [3.63, 3.8) is 0 Å². The van der Waals surface area contributed by atoms with Gasteiger partial charge in [-0.05, 0) is 24.3 Å². The largest absolute Gasteiger partial charge is 0.323 e. The summed E-state index contributed by atoms with van der Waals surface area (Å²) in [5.74, 6) is -1.03. The van der Waals surface area contributed by atoms with Gasteiger partial charge in [0, 0.05) is 11.6 Å². The minimum Gasteiger partial charge on any atom is -0.323 e. The molecule has 1 aliphatic heterocycles. The summed E-state index contributed by atoms with van der Waals surface area (Å²) in [6, 6.07) is 13.2. The van der Waals surface area contributed by atoms with Gasteiger partial charge in [0.25, 0.3) is 5.91 Å². The van der Waals surface area contributed by atoms with E-state index in [2.05, 4.69) is 5.32 Å². The number of carbonyl (C=O) groups excluding carboxylic acids is 2. The van der Waals surface area contributed by atoms with Crippen LogP contribution in [0.1, 0.15) is 5.56 Å². The van der Waals surface area contributed by atoms with Crippen molar-refractivity contribution in [2.45, 2.75) is 0 Å². The highest BCUT2D eigenvalue weighted by atomic mass is 19.1. The van der Waals surface area contributed by atoms with Gasteiger partial charge in [-0.1, -0.05) is 30.3 Å². The molecule has 0 saturated carbocycles. The first-order valence-corrected chi connectivity index (χ1v) is 6.78. The molecule has 0 unspecified atom stereocenters. The van der Waals surface area contributed by atoms with E-state index in [9.17, 15) is 14.0 Å². The number of rotatable bonds is 2. The monoisotopic (exact) mass is 296 g/mol. The molecule has 0 radical (unpaired) electrons. The highest BCUT2D eigenvalue weighted by Crippen LogP contribution is 2.29. The zero-order valence-electron chi connectivity index (χ0n) is 11.6. The molecule has 0 aromatic heterocycles. The molecule has 1 aliphatic rings. The molecule has 3 rings (SSSR count). The van der Waals surface area contributed by atoms with Crippen LogP contribution < -0.4 is 10.2 Å². The summed E-state index contributed by atoms with van der Waals surface area (Å²) in [5, 5.41) is 2.71. The van der Waals surface area contributed by atoms with Crippen LogP contribution >= 0.6 is 0 Å². The molecule has 1 heterocycles. The molecule has 2 amide bonds. The molecule has 22 heavy (non-hydrogen) atoms. The third-order valence-electron chi connectivity index (χ3n) is 3.35. The SMILES string of the molecule is O=C1CN(C(=O)/C=C/c2ccccc2F)c2ccccc2N1. The third-order valence-corrected chi connectivity index (χ3v) is 3.35. The molecule has 4 nitrogen and oxygen atoms in total. The van der Waals surface area contributed by atoms with E-state index in [-0.39, 0.29) is 18.4 Å². The molecule has 5 heteroatoms. The fraction of sp³-hybridized carbons (Fsp3) is 0.0588. The van der Waals surface area contributed by atoms with E-state index in [1.165, 1.54) is 23.1 Å². The van der Waals surface area contributed by atoms with Crippen molar-refractivity contribution in [3.8, 4) is 0 Å². The number of halogens is 1. The second-order valence-corrected chi connectivity index (χ2v) is 4.84. The second kappa shape index (κ2) is 5.81. The van der Waals surface area contributed by atoms with Crippen molar-refractivity contribution in [1.29, 1.82) is 0 Å². The minimum atomic E-state index is -0.400. The average Bonchev–Trinajstić information content (AvgIpc) is 2.53. The Bertz CT molecular complexity index is 771. The van der Waals surface area contributed by atoms with Crippen molar-refractivity contribution in [1.82, 2.24) is 0 Å². The Morgan fingerprint density at radius 1 is 1.14 bits per heavy atom. The molecule has 1 N–H and O–H groups in total. The topological polar surface area (TPSA) is 49.4 Å². The number of fused-ring (bicyclic) bond motifs is 1. The van der Waals surface area contributed by atoms with Crippen LogP contribution in [0.3, 0.4) is 0 Å². The van der Waals surface area contributed by atoms with Crippen LogP contribution in [-0.2, 0) is 9.59 Å². The van der Waals surface area contributed by atoms with Gasteiger partial charge in [-0.2, -0.15) is 0 Å². The quantitative estimate of drug-likeness (QED) is 0.866. The summed E-state index contributed by atoms with van der Waals surface area (Å²) in [5.41, 5.74) is 1.54. The van der Waals surface area contributed by atoms with Crippen molar-refractivity contribution in [2.24, 2.45) is 0 Å². The lowest BCUT2D eigenvalue weighted by Crippen LogP contribution is -2.41. The number of nitrogens with zero attached hydrogens (tertiary/aromatic N) is 1. The lowest BCUT2D eigenvalue weighted by atomic mass is 10.1. The first-order chi connectivity index (χ1) is 10.6. The average molecular weight is 296 g/mol. The van der Waals surface area contributed by atoms with Gasteiger partial charge in [-0.25, -0.2) is 4.39 Å². The molecule has 2 aromatic carbocycles. The summed E-state index contributed by atoms with van der Waals surface area (Å²) in [6.45, 7) is -0.0581. The van der Waals surface area contributed by atoms with Gasteiger partial charge in [0.2, 0.25) is 5.91 Å². The van der Waals surface area contributed by atoms with Gasteiger partial charge in [-0.15, -0.1) is 0 Å². The van der Waals surface area contributed by atoms with E-state index in [0.717, 1.165) is 0 Å². The maximum Gasteiger partial charge on any atom is 0.251 e. The highest BCUT2D eigenvalue weighted by Gasteiger charge is 2.25. The minimum absolute atomic E-state index is 0.0581. The van der Waals surface area contributed by atoms with Gasteiger partial charge in [0.05, 0.1) is 11.4 Å². The number of para-hydroxylation sites is 2. The van der Waals surface area contributed by atoms with Crippen LogP contribution in [0.4, 0.5) is 15.8 Å². The fourth-order valence-corrected chi connectivity index (χ4v) is 2.29. The van der Waals surface area contributed by atoms with Crippen LogP contribution in [0.25, 0.3) is 6.08 Å². The zero-order valence-corrected chi connectivity index (χ0v) is 11.6. The first-order valence-electron chi connectivity index (χ1n) is 6.78. The molecule has 0 atom stereocenters. The molecule has 0 spiro atoms. The predicted octanol–water partition coefficient (Wildman–Crippen LogP) is 2.82. The van der Waals surface area contributed by atoms with Gasteiger partial charge in [0.1, 0.15) is 12.4 Å². The van der Waals surface area contributed by atoms with E-state index < -0.39 is 5.82 Å². The van der Waals surface area contributed by atoms with E-state index in [0.29, 0.717) is 16.9 Å². The van der Waals surface area contributed by atoms with Crippen LogP contribution in [0.5, 0.6) is 0 Å². The zero-order chi connectivity index (χ0) is 15.5. The highest BCUT2D eigenvalue weighted by molar-refractivity contribution is 6.13. The standard InChI is InChI=1S/C17H13FN2O2/c18-13-6-2-1-5-12(13)9-10-17(22)20-11-16(21)19-14-7-3-4-8-15(14)20/h1-10H,11H2,(H,19,21)/b10-9+.